The first-order valence-corrected chi connectivity index (χ1v) is 8.08. The number of nitrogens with zero attached hydrogens (tertiary/aromatic N) is 2. The number of allylic oxidation sites excluding steroid dienone is 2. The minimum absolute atomic E-state index is 0.312. The molecule has 0 spiro atoms. The summed E-state index contributed by atoms with van der Waals surface area (Å²) in [6, 6.07) is 10.2. The van der Waals surface area contributed by atoms with E-state index in [1.807, 2.05) is 36.4 Å². The fourth-order valence-corrected chi connectivity index (χ4v) is 2.51. The molecule has 2 heterocycles. The molecule has 1 aliphatic rings. The van der Waals surface area contributed by atoms with Crippen molar-refractivity contribution in [1.29, 1.82) is 0 Å². The molecule has 1 aromatic heterocycles. The maximum absolute atomic E-state index is 13.3. The molecular weight excluding hydrogens is 338 g/mol. The maximum atomic E-state index is 13.3. The summed E-state index contributed by atoms with van der Waals surface area (Å²) in [4.78, 5) is 8.12. The van der Waals surface area contributed by atoms with Crippen LogP contribution in [0.25, 0.3) is 5.57 Å². The van der Waals surface area contributed by atoms with Gasteiger partial charge in [-0.05, 0) is 24.6 Å². The van der Waals surface area contributed by atoms with Crippen LogP contribution in [-0.2, 0) is 5.92 Å². The highest BCUT2D eigenvalue weighted by molar-refractivity contribution is 6.21. The summed E-state index contributed by atoms with van der Waals surface area (Å²) in [7, 11) is 1.60. The van der Waals surface area contributed by atoms with Crippen molar-refractivity contribution in [2.75, 3.05) is 7.11 Å². The average Bonchev–Trinajstić information content (AvgIpc) is 2.87. The SMILES string of the molecule is COc1ccccc1C1=CCC=CN=C1Oc1ccc(C(C)(F)F)nc1. The number of rotatable bonds is 4. The summed E-state index contributed by atoms with van der Waals surface area (Å²) >= 11 is 0. The van der Waals surface area contributed by atoms with Crippen LogP contribution < -0.4 is 9.47 Å². The number of halogens is 2. The number of alkyl halides is 2. The van der Waals surface area contributed by atoms with Crippen LogP contribution >= 0.6 is 0 Å². The Balaban J connectivity index is 1.91. The second-order valence-corrected chi connectivity index (χ2v) is 5.74. The van der Waals surface area contributed by atoms with Crippen molar-refractivity contribution in [2.24, 2.45) is 4.99 Å². The first kappa shape index (κ1) is 17.8. The number of hydrogen-bond acceptors (Lipinski definition) is 4. The zero-order valence-electron chi connectivity index (χ0n) is 14.4. The van der Waals surface area contributed by atoms with Crippen molar-refractivity contribution in [3.63, 3.8) is 0 Å². The molecular formula is C20H18F2N2O2. The smallest absolute Gasteiger partial charge is 0.286 e. The summed E-state index contributed by atoms with van der Waals surface area (Å²) in [6.07, 6.45) is 7.47. The van der Waals surface area contributed by atoms with Gasteiger partial charge >= 0.3 is 0 Å². The highest BCUT2D eigenvalue weighted by atomic mass is 19.3. The van der Waals surface area contributed by atoms with E-state index in [9.17, 15) is 8.78 Å². The van der Waals surface area contributed by atoms with Crippen molar-refractivity contribution in [2.45, 2.75) is 19.3 Å². The van der Waals surface area contributed by atoms with Gasteiger partial charge in [0.1, 0.15) is 17.2 Å². The van der Waals surface area contributed by atoms with Crippen molar-refractivity contribution in [3.05, 3.63) is 72.2 Å². The molecule has 0 saturated heterocycles. The van der Waals surface area contributed by atoms with Gasteiger partial charge in [-0.15, -0.1) is 0 Å². The van der Waals surface area contributed by atoms with Gasteiger partial charge in [-0.3, -0.25) is 4.98 Å². The second kappa shape index (κ2) is 7.47. The van der Waals surface area contributed by atoms with E-state index in [0.29, 0.717) is 23.8 Å². The van der Waals surface area contributed by atoms with E-state index in [1.165, 1.54) is 18.3 Å². The molecule has 134 valence electrons. The van der Waals surface area contributed by atoms with Gasteiger partial charge in [0.25, 0.3) is 5.92 Å². The molecule has 0 fully saturated rings. The molecule has 6 heteroatoms. The van der Waals surface area contributed by atoms with Gasteiger partial charge in [0, 0.05) is 24.3 Å². The second-order valence-electron chi connectivity index (χ2n) is 5.74. The van der Waals surface area contributed by atoms with E-state index in [0.717, 1.165) is 18.1 Å². The van der Waals surface area contributed by atoms with Crippen LogP contribution in [0.15, 0.2) is 65.9 Å². The van der Waals surface area contributed by atoms with Gasteiger partial charge in [-0.2, -0.15) is 8.78 Å². The van der Waals surface area contributed by atoms with E-state index >= 15 is 0 Å². The first-order chi connectivity index (χ1) is 12.5. The van der Waals surface area contributed by atoms with Crippen LogP contribution in [0.1, 0.15) is 24.6 Å². The Kier molecular flexibility index (Phi) is 5.11. The van der Waals surface area contributed by atoms with Gasteiger partial charge < -0.3 is 9.47 Å². The van der Waals surface area contributed by atoms with E-state index in [4.69, 9.17) is 9.47 Å². The van der Waals surface area contributed by atoms with Crippen LogP contribution in [-0.4, -0.2) is 18.0 Å². The van der Waals surface area contributed by atoms with Gasteiger partial charge in [0.15, 0.2) is 0 Å². The number of hydrogen-bond donors (Lipinski definition) is 0. The molecule has 0 aliphatic carbocycles. The van der Waals surface area contributed by atoms with Crippen LogP contribution in [0.4, 0.5) is 8.78 Å². The molecule has 2 aromatic rings. The summed E-state index contributed by atoms with van der Waals surface area (Å²) < 4.78 is 37.9. The predicted molar refractivity (Wildman–Crippen MR) is 96.6 cm³/mol. The van der Waals surface area contributed by atoms with Gasteiger partial charge in [0.05, 0.1) is 13.3 Å². The van der Waals surface area contributed by atoms with Gasteiger partial charge in [0.2, 0.25) is 5.90 Å². The molecule has 1 aliphatic heterocycles. The van der Waals surface area contributed by atoms with Crippen molar-refractivity contribution < 1.29 is 18.3 Å². The number of para-hydroxylation sites is 1. The molecule has 0 unspecified atom stereocenters. The number of ether oxygens (including phenoxy) is 2. The van der Waals surface area contributed by atoms with E-state index in [2.05, 4.69) is 9.98 Å². The van der Waals surface area contributed by atoms with Crippen LogP contribution in [0.3, 0.4) is 0 Å². The highest BCUT2D eigenvalue weighted by Crippen LogP contribution is 2.30. The lowest BCUT2D eigenvalue weighted by atomic mass is 10.0. The van der Waals surface area contributed by atoms with Crippen molar-refractivity contribution in [1.82, 2.24) is 4.98 Å². The standard InChI is InChI=1S/C20H18F2N2O2/c1-20(21,22)18-11-10-14(13-24-18)26-19-16(8-5-6-12-23-19)15-7-3-4-9-17(15)25-2/h3-4,6-13H,5H2,1-2H3. The quantitative estimate of drug-likeness (QED) is 0.776. The summed E-state index contributed by atoms with van der Waals surface area (Å²) in [5, 5.41) is 0. The molecule has 0 radical (unpaired) electrons. The lowest BCUT2D eigenvalue weighted by molar-refractivity contribution is 0.0127. The monoisotopic (exact) mass is 356 g/mol. The van der Waals surface area contributed by atoms with Crippen molar-refractivity contribution in [3.8, 4) is 11.5 Å². The Morgan fingerprint density at radius 1 is 1.12 bits per heavy atom. The van der Waals surface area contributed by atoms with Gasteiger partial charge in [-0.25, -0.2) is 4.99 Å². The third-order valence-electron chi connectivity index (χ3n) is 3.78. The molecule has 0 amide bonds. The Morgan fingerprint density at radius 2 is 1.92 bits per heavy atom. The molecule has 0 N–H and O–H groups in total. The Labute approximate surface area is 150 Å². The molecule has 0 bridgehead atoms. The predicted octanol–water partition coefficient (Wildman–Crippen LogP) is 4.98. The lowest BCUT2D eigenvalue weighted by Gasteiger charge is -2.15. The Bertz CT molecular complexity index is 866. The maximum Gasteiger partial charge on any atom is 0.286 e. The summed E-state index contributed by atoms with van der Waals surface area (Å²) in [5.41, 5.74) is 1.28. The zero-order valence-corrected chi connectivity index (χ0v) is 14.4. The van der Waals surface area contributed by atoms with Crippen molar-refractivity contribution >= 4 is 11.5 Å². The highest BCUT2D eigenvalue weighted by Gasteiger charge is 2.26. The fraction of sp³-hybridized carbons (Fsp3) is 0.200. The molecule has 1 aromatic carbocycles. The largest absolute Gasteiger partial charge is 0.496 e. The number of methoxy groups -OCH3 is 1. The Morgan fingerprint density at radius 3 is 2.62 bits per heavy atom. The van der Waals surface area contributed by atoms with Crippen LogP contribution in [0.5, 0.6) is 11.5 Å². The number of aliphatic imine (C=N–C) groups is 1. The molecule has 4 nitrogen and oxygen atoms in total. The molecule has 3 rings (SSSR count). The zero-order chi connectivity index (χ0) is 18.6. The third-order valence-corrected chi connectivity index (χ3v) is 3.78. The Hall–Kier alpha value is -3.02. The van der Waals surface area contributed by atoms with E-state index in [1.54, 1.807) is 13.3 Å². The van der Waals surface area contributed by atoms with Crippen LogP contribution in [0.2, 0.25) is 0 Å². The van der Waals surface area contributed by atoms with Crippen LogP contribution in [0, 0.1) is 0 Å². The van der Waals surface area contributed by atoms with Gasteiger partial charge in [-0.1, -0.05) is 30.4 Å². The third kappa shape index (κ3) is 3.96. The summed E-state index contributed by atoms with van der Waals surface area (Å²) in [5.74, 6) is -1.63. The normalized spacial score (nSPS) is 14.3. The fourth-order valence-electron chi connectivity index (χ4n) is 2.51. The number of benzene rings is 1. The minimum atomic E-state index is -3.00. The lowest BCUT2D eigenvalue weighted by Crippen LogP contribution is -2.13. The molecule has 0 atom stereocenters. The summed E-state index contributed by atoms with van der Waals surface area (Å²) in [6.45, 7) is 0.804. The number of pyridine rings is 1. The number of aromatic nitrogens is 1. The molecule has 0 saturated carbocycles. The molecule has 26 heavy (non-hydrogen) atoms. The van der Waals surface area contributed by atoms with E-state index < -0.39 is 5.92 Å². The topological polar surface area (TPSA) is 43.7 Å². The first-order valence-electron chi connectivity index (χ1n) is 8.08. The average molecular weight is 356 g/mol. The van der Waals surface area contributed by atoms with E-state index in [-0.39, 0.29) is 5.69 Å². The minimum Gasteiger partial charge on any atom is -0.496 e.